The first-order chi connectivity index (χ1) is 11.7. The van der Waals surface area contributed by atoms with Crippen molar-refractivity contribution in [1.82, 2.24) is 20.4 Å². The van der Waals surface area contributed by atoms with Gasteiger partial charge in [0.15, 0.2) is 11.4 Å². The molecule has 1 aromatic carbocycles. The van der Waals surface area contributed by atoms with Crippen molar-refractivity contribution in [3.05, 3.63) is 42.2 Å². The van der Waals surface area contributed by atoms with Crippen LogP contribution >= 0.6 is 0 Å². The first-order valence-corrected chi connectivity index (χ1v) is 7.96. The fourth-order valence-corrected chi connectivity index (χ4v) is 2.68. The lowest BCUT2D eigenvalue weighted by Gasteiger charge is -2.14. The first kappa shape index (κ1) is 16.0. The van der Waals surface area contributed by atoms with Crippen LogP contribution in [-0.4, -0.2) is 41.3 Å². The summed E-state index contributed by atoms with van der Waals surface area (Å²) in [7, 11) is 1.49. The number of benzene rings is 1. The monoisotopic (exact) mass is 328 g/mol. The number of carbonyl (C=O) groups excluding carboxylic acids is 2. The maximum Gasteiger partial charge on any atom is 0.276 e. The second-order valence-corrected chi connectivity index (χ2v) is 5.64. The molecule has 2 N–H and O–H groups in total. The largest absolute Gasteiger partial charge is 0.493 e. The van der Waals surface area contributed by atoms with E-state index in [1.807, 2.05) is 30.3 Å². The van der Waals surface area contributed by atoms with Crippen LogP contribution in [0.4, 0.5) is 0 Å². The number of nitrogens with zero attached hydrogens (tertiary/aromatic N) is 2. The van der Waals surface area contributed by atoms with Crippen molar-refractivity contribution in [2.24, 2.45) is 0 Å². The predicted octanol–water partition coefficient (Wildman–Crippen LogP) is 1.28. The normalized spacial score (nSPS) is 17.7. The molecule has 0 unspecified atom stereocenters. The Morgan fingerprint density at radius 1 is 1.33 bits per heavy atom. The van der Waals surface area contributed by atoms with E-state index in [9.17, 15) is 9.59 Å². The summed E-state index contributed by atoms with van der Waals surface area (Å²) in [6.07, 6.45) is 4.08. The molecule has 0 saturated carbocycles. The van der Waals surface area contributed by atoms with Gasteiger partial charge in [0.1, 0.15) is 6.04 Å². The van der Waals surface area contributed by atoms with E-state index in [1.165, 1.54) is 7.11 Å². The minimum Gasteiger partial charge on any atom is -0.493 e. The maximum atomic E-state index is 12.5. The minimum absolute atomic E-state index is 0.151. The minimum atomic E-state index is -0.536. The molecule has 1 fully saturated rings. The van der Waals surface area contributed by atoms with Gasteiger partial charge in [-0.1, -0.05) is 18.2 Å². The van der Waals surface area contributed by atoms with Crippen LogP contribution in [0.5, 0.6) is 5.75 Å². The number of para-hydroxylation sites is 1. The zero-order valence-electron chi connectivity index (χ0n) is 13.5. The third-order valence-corrected chi connectivity index (χ3v) is 3.98. The molecule has 24 heavy (non-hydrogen) atoms. The third kappa shape index (κ3) is 3.40. The summed E-state index contributed by atoms with van der Waals surface area (Å²) in [4.78, 5) is 24.5. The van der Waals surface area contributed by atoms with Crippen molar-refractivity contribution in [1.29, 1.82) is 0 Å². The lowest BCUT2D eigenvalue weighted by molar-refractivity contribution is -0.122. The van der Waals surface area contributed by atoms with Crippen LogP contribution in [0.3, 0.4) is 0 Å². The molecule has 1 aromatic heterocycles. The molecule has 2 amide bonds. The summed E-state index contributed by atoms with van der Waals surface area (Å²) >= 11 is 0. The van der Waals surface area contributed by atoms with Crippen LogP contribution in [0.2, 0.25) is 0 Å². The second kappa shape index (κ2) is 7.16. The Labute approximate surface area is 140 Å². The van der Waals surface area contributed by atoms with Crippen molar-refractivity contribution in [3.8, 4) is 11.4 Å². The summed E-state index contributed by atoms with van der Waals surface area (Å²) in [5.41, 5.74) is 0.987. The Morgan fingerprint density at radius 3 is 2.88 bits per heavy atom. The number of nitrogens with one attached hydrogen (secondary N) is 2. The summed E-state index contributed by atoms with van der Waals surface area (Å²) in [6.45, 7) is 0.650. The van der Waals surface area contributed by atoms with Crippen LogP contribution in [-0.2, 0) is 4.79 Å². The number of hydrogen-bond acceptors (Lipinski definition) is 4. The van der Waals surface area contributed by atoms with Gasteiger partial charge >= 0.3 is 0 Å². The van der Waals surface area contributed by atoms with Crippen molar-refractivity contribution < 1.29 is 14.3 Å². The quantitative estimate of drug-likeness (QED) is 0.885. The molecule has 0 radical (unpaired) electrons. The zero-order chi connectivity index (χ0) is 16.9. The molecule has 126 valence electrons. The first-order valence-electron chi connectivity index (χ1n) is 7.96. The second-order valence-electron chi connectivity index (χ2n) is 5.64. The Kier molecular flexibility index (Phi) is 4.79. The van der Waals surface area contributed by atoms with Crippen molar-refractivity contribution >= 4 is 11.8 Å². The molecule has 1 atom stereocenters. The van der Waals surface area contributed by atoms with Gasteiger partial charge in [0.05, 0.1) is 19.0 Å². The number of amides is 2. The van der Waals surface area contributed by atoms with E-state index in [2.05, 4.69) is 15.7 Å². The van der Waals surface area contributed by atoms with Gasteiger partial charge in [-0.25, -0.2) is 4.68 Å². The molecule has 0 aliphatic carbocycles. The standard InChI is InChI=1S/C17H20N4O3/c1-24-14-11-21(12-7-3-2-4-8-12)20-15(14)17(23)19-13-9-5-6-10-18-16(13)22/h2-4,7-8,11,13H,5-6,9-10H2,1H3,(H,18,22)(H,19,23)/t13-/m0/s1. The summed E-state index contributed by atoms with van der Waals surface area (Å²) in [6, 6.07) is 8.91. The molecule has 7 heteroatoms. The fraction of sp³-hybridized carbons (Fsp3) is 0.353. The van der Waals surface area contributed by atoms with E-state index in [-0.39, 0.29) is 11.6 Å². The van der Waals surface area contributed by atoms with Gasteiger partial charge in [0.2, 0.25) is 5.91 Å². The highest BCUT2D eigenvalue weighted by Crippen LogP contribution is 2.20. The van der Waals surface area contributed by atoms with Crippen molar-refractivity contribution in [2.45, 2.75) is 25.3 Å². The molecule has 7 nitrogen and oxygen atoms in total. The van der Waals surface area contributed by atoms with Crippen LogP contribution in [0.25, 0.3) is 5.69 Å². The maximum absolute atomic E-state index is 12.5. The summed E-state index contributed by atoms with van der Waals surface area (Å²) in [5, 5.41) is 9.87. The molecule has 0 spiro atoms. The van der Waals surface area contributed by atoms with Gasteiger partial charge in [-0.15, -0.1) is 0 Å². The molecule has 2 heterocycles. The van der Waals surface area contributed by atoms with Crippen LogP contribution in [0.15, 0.2) is 36.5 Å². The van der Waals surface area contributed by atoms with Crippen molar-refractivity contribution in [3.63, 3.8) is 0 Å². The number of rotatable bonds is 4. The van der Waals surface area contributed by atoms with Gasteiger partial charge in [0.25, 0.3) is 5.91 Å². The smallest absolute Gasteiger partial charge is 0.276 e. The van der Waals surface area contributed by atoms with E-state index < -0.39 is 11.9 Å². The SMILES string of the molecule is COc1cn(-c2ccccc2)nc1C(=O)N[C@H]1CCCCNC1=O. The van der Waals surface area contributed by atoms with Crippen LogP contribution in [0, 0.1) is 0 Å². The average Bonchev–Trinajstić information content (AvgIpc) is 2.95. The summed E-state index contributed by atoms with van der Waals surface area (Å²) < 4.78 is 6.85. The van der Waals surface area contributed by atoms with E-state index in [0.717, 1.165) is 18.5 Å². The fourth-order valence-electron chi connectivity index (χ4n) is 2.68. The lowest BCUT2D eigenvalue weighted by Crippen LogP contribution is -2.45. The van der Waals surface area contributed by atoms with Gasteiger partial charge in [-0.05, 0) is 31.4 Å². The molecule has 3 rings (SSSR count). The predicted molar refractivity (Wildman–Crippen MR) is 88.2 cm³/mol. The molecule has 1 saturated heterocycles. The zero-order valence-corrected chi connectivity index (χ0v) is 13.5. The third-order valence-electron chi connectivity index (χ3n) is 3.98. The lowest BCUT2D eigenvalue weighted by atomic mass is 10.1. The molecular formula is C17H20N4O3. The van der Waals surface area contributed by atoms with E-state index in [0.29, 0.717) is 18.7 Å². The van der Waals surface area contributed by atoms with E-state index >= 15 is 0 Å². The van der Waals surface area contributed by atoms with Gasteiger partial charge < -0.3 is 15.4 Å². The van der Waals surface area contributed by atoms with E-state index in [1.54, 1.807) is 10.9 Å². The van der Waals surface area contributed by atoms with Gasteiger partial charge in [-0.3, -0.25) is 9.59 Å². The van der Waals surface area contributed by atoms with Gasteiger partial charge in [-0.2, -0.15) is 5.10 Å². The van der Waals surface area contributed by atoms with Gasteiger partial charge in [0, 0.05) is 6.54 Å². The Hall–Kier alpha value is -2.83. The number of hydrogen-bond donors (Lipinski definition) is 2. The number of carbonyl (C=O) groups is 2. The van der Waals surface area contributed by atoms with Crippen LogP contribution < -0.4 is 15.4 Å². The molecule has 0 bridgehead atoms. The number of methoxy groups -OCH3 is 1. The highest BCUT2D eigenvalue weighted by molar-refractivity contribution is 5.98. The highest BCUT2D eigenvalue weighted by atomic mass is 16.5. The Balaban J connectivity index is 1.81. The topological polar surface area (TPSA) is 85.2 Å². The number of ether oxygens (including phenoxy) is 1. The summed E-state index contributed by atoms with van der Waals surface area (Å²) in [5.74, 6) is -0.198. The molecule has 1 aliphatic rings. The van der Waals surface area contributed by atoms with Crippen molar-refractivity contribution in [2.75, 3.05) is 13.7 Å². The Morgan fingerprint density at radius 2 is 2.12 bits per heavy atom. The molecule has 2 aromatic rings. The highest BCUT2D eigenvalue weighted by Gasteiger charge is 2.26. The van der Waals surface area contributed by atoms with E-state index in [4.69, 9.17) is 4.74 Å². The average molecular weight is 328 g/mol. The van der Waals surface area contributed by atoms with Crippen LogP contribution in [0.1, 0.15) is 29.8 Å². The Bertz CT molecular complexity index is 727. The number of aromatic nitrogens is 2. The molecule has 1 aliphatic heterocycles. The molecular weight excluding hydrogens is 308 g/mol.